The van der Waals surface area contributed by atoms with E-state index in [0.717, 1.165) is 56.2 Å². The van der Waals surface area contributed by atoms with E-state index in [9.17, 15) is 0 Å². The lowest BCUT2D eigenvalue weighted by Crippen LogP contribution is -2.27. The van der Waals surface area contributed by atoms with Crippen LogP contribution in [0.4, 0.5) is 0 Å². The first-order valence-corrected chi connectivity index (χ1v) is 26.7. The van der Waals surface area contributed by atoms with Crippen molar-refractivity contribution in [2.24, 2.45) is 0 Å². The molecule has 2 bridgehead atoms. The molecule has 0 spiro atoms. The molecule has 1 unspecified atom stereocenters. The number of fused-ring (bicyclic) bond motifs is 2. The highest BCUT2D eigenvalue weighted by Gasteiger charge is 2.41. The Bertz CT molecular complexity index is 3970. The van der Waals surface area contributed by atoms with Crippen molar-refractivity contribution in [1.82, 2.24) is 19.9 Å². The zero-order valence-electron chi connectivity index (χ0n) is 39.9. The van der Waals surface area contributed by atoms with Crippen molar-refractivity contribution in [3.8, 4) is 88.7 Å². The predicted molar refractivity (Wildman–Crippen MR) is 307 cm³/mol. The van der Waals surface area contributed by atoms with Gasteiger partial charge in [0.2, 0.25) is 0 Å². The fourth-order valence-electron chi connectivity index (χ4n) is 11.3. The Balaban J connectivity index is 0.807. The van der Waals surface area contributed by atoms with Gasteiger partial charge in [-0.2, -0.15) is 0 Å². The van der Waals surface area contributed by atoms with Gasteiger partial charge in [0.25, 0.3) is 0 Å². The summed E-state index contributed by atoms with van der Waals surface area (Å²) in [6, 6.07) is 87.4. The van der Waals surface area contributed by atoms with Gasteiger partial charge < -0.3 is 0 Å². The summed E-state index contributed by atoms with van der Waals surface area (Å²) in [5.74, 6) is 1.51. The standard InChI is InChI=1S/C68H42N4S2/c1-3-13-41(14-4-1)57-39-59(43-23-27-45(28-24-43)63-37-47-17-7-11-21-61(47)73-63)71-67(69-57)49-31-33-53-55(35-49)65-51-19-9-10-20-52(51)66(53)56-36-50(32-34-54(56)65)68-70-58(42-15-5-2-6-16-42)40-60(72-68)44-25-29-46(30-26-44)64-38-48-18-8-12-22-62(48)74-64/h1-40,65-66H/t65-,66?/m1/s1. The van der Waals surface area contributed by atoms with E-state index in [4.69, 9.17) is 19.9 Å². The van der Waals surface area contributed by atoms with Crippen LogP contribution in [0.5, 0.6) is 0 Å². The zero-order chi connectivity index (χ0) is 48.7. The summed E-state index contributed by atoms with van der Waals surface area (Å²) >= 11 is 3.65. The number of thiophene rings is 2. The van der Waals surface area contributed by atoms with Crippen LogP contribution in [0.1, 0.15) is 45.2 Å². The van der Waals surface area contributed by atoms with Gasteiger partial charge in [-0.15, -0.1) is 22.7 Å². The molecule has 74 heavy (non-hydrogen) atoms. The summed E-state index contributed by atoms with van der Waals surface area (Å²) in [6.45, 7) is 0. The lowest BCUT2D eigenvalue weighted by molar-refractivity contribution is 0.754. The van der Waals surface area contributed by atoms with Gasteiger partial charge >= 0.3 is 0 Å². The van der Waals surface area contributed by atoms with Gasteiger partial charge in [0, 0.05) is 64.4 Å². The molecular formula is C68H42N4S2. The Labute approximate surface area is 436 Å². The first-order valence-electron chi connectivity index (χ1n) is 25.1. The van der Waals surface area contributed by atoms with E-state index in [1.165, 1.54) is 74.4 Å². The molecule has 0 aliphatic heterocycles. The first-order chi connectivity index (χ1) is 36.6. The molecule has 0 fully saturated rings. The lowest BCUT2D eigenvalue weighted by Gasteiger charge is -2.42. The highest BCUT2D eigenvalue weighted by molar-refractivity contribution is 7.22. The van der Waals surface area contributed by atoms with E-state index in [0.29, 0.717) is 11.6 Å². The second kappa shape index (κ2) is 17.4. The molecule has 3 aliphatic carbocycles. The van der Waals surface area contributed by atoms with Crippen molar-refractivity contribution in [3.63, 3.8) is 0 Å². The number of hydrogen-bond donors (Lipinski definition) is 0. The average Bonchev–Trinajstić information content (AvgIpc) is 4.14. The summed E-state index contributed by atoms with van der Waals surface area (Å²) in [4.78, 5) is 23.8. The van der Waals surface area contributed by atoms with Gasteiger partial charge in [-0.05, 0) is 104 Å². The van der Waals surface area contributed by atoms with Crippen LogP contribution in [0.15, 0.2) is 243 Å². The Morgan fingerprint density at radius 2 is 0.568 bits per heavy atom. The summed E-state index contributed by atoms with van der Waals surface area (Å²) in [5.41, 5.74) is 20.2. The van der Waals surface area contributed by atoms with E-state index >= 15 is 0 Å². The molecule has 0 N–H and O–H groups in total. The fourth-order valence-corrected chi connectivity index (χ4v) is 13.5. The largest absolute Gasteiger partial charge is 0.228 e. The highest BCUT2D eigenvalue weighted by Crippen LogP contribution is 2.57. The van der Waals surface area contributed by atoms with E-state index < -0.39 is 0 Å². The van der Waals surface area contributed by atoms with Gasteiger partial charge in [0.05, 0.1) is 22.8 Å². The normalized spacial score (nSPS) is 14.2. The van der Waals surface area contributed by atoms with E-state index in [2.05, 4.69) is 243 Å². The van der Waals surface area contributed by atoms with E-state index in [-0.39, 0.29) is 11.8 Å². The molecule has 13 aromatic rings. The molecule has 4 heterocycles. The van der Waals surface area contributed by atoms with Crippen molar-refractivity contribution < 1.29 is 0 Å². The molecule has 16 rings (SSSR count). The van der Waals surface area contributed by atoms with Crippen LogP contribution >= 0.6 is 22.7 Å². The van der Waals surface area contributed by atoms with Crippen LogP contribution in [-0.4, -0.2) is 19.9 Å². The Kier molecular flexibility index (Phi) is 10.0. The van der Waals surface area contributed by atoms with Crippen LogP contribution in [0.3, 0.4) is 0 Å². The van der Waals surface area contributed by atoms with Crippen LogP contribution in [0.2, 0.25) is 0 Å². The molecule has 0 saturated carbocycles. The molecule has 346 valence electrons. The number of rotatable bonds is 8. The third-order valence-corrected chi connectivity index (χ3v) is 17.3. The Morgan fingerprint density at radius 3 is 0.973 bits per heavy atom. The Morgan fingerprint density at radius 1 is 0.243 bits per heavy atom. The minimum atomic E-state index is 0.0417. The van der Waals surface area contributed by atoms with Crippen molar-refractivity contribution in [1.29, 1.82) is 0 Å². The quantitative estimate of drug-likeness (QED) is 0.152. The molecule has 6 heteroatoms. The summed E-state index contributed by atoms with van der Waals surface area (Å²) in [6.07, 6.45) is 0. The fraction of sp³-hybridized carbons (Fsp3) is 0.0294. The number of hydrogen-bond acceptors (Lipinski definition) is 6. The van der Waals surface area contributed by atoms with Crippen molar-refractivity contribution in [2.45, 2.75) is 11.8 Å². The summed E-state index contributed by atoms with van der Waals surface area (Å²) < 4.78 is 2.59. The number of benzene rings is 9. The second-order valence-electron chi connectivity index (χ2n) is 19.3. The highest BCUT2D eigenvalue weighted by atomic mass is 32.1. The maximum atomic E-state index is 5.34. The van der Waals surface area contributed by atoms with Crippen molar-refractivity contribution in [3.05, 3.63) is 276 Å². The predicted octanol–water partition coefficient (Wildman–Crippen LogP) is 18.0. The van der Waals surface area contributed by atoms with Crippen LogP contribution in [-0.2, 0) is 0 Å². The number of nitrogens with zero attached hydrogens (tertiary/aromatic N) is 4. The summed E-state index contributed by atoms with van der Waals surface area (Å²) in [7, 11) is 0. The van der Waals surface area contributed by atoms with Gasteiger partial charge in [-0.1, -0.05) is 194 Å². The minimum Gasteiger partial charge on any atom is -0.228 e. The molecule has 4 nitrogen and oxygen atoms in total. The topological polar surface area (TPSA) is 51.6 Å². The SMILES string of the molecule is c1ccc(-c2cc(-c3ccc(-c4cc5ccccc5s4)cc3)nc(-c3ccc4c(c3)C3c5ccccc5[C@H]4c4cc(-c5nc(-c6ccccc6)cc(-c6ccc(-c7cc8ccccc8s7)cc6)n5)ccc43)n2)cc1. The second-order valence-corrected chi connectivity index (χ2v) is 21.5. The molecule has 2 atom stereocenters. The van der Waals surface area contributed by atoms with Crippen LogP contribution < -0.4 is 0 Å². The van der Waals surface area contributed by atoms with E-state index in [1.807, 2.05) is 22.7 Å². The Hall–Kier alpha value is -8.94. The van der Waals surface area contributed by atoms with Gasteiger partial charge in [-0.3, -0.25) is 0 Å². The van der Waals surface area contributed by atoms with Crippen molar-refractivity contribution >= 4 is 42.8 Å². The van der Waals surface area contributed by atoms with Crippen LogP contribution in [0, 0.1) is 0 Å². The van der Waals surface area contributed by atoms with Gasteiger partial charge in [0.15, 0.2) is 11.6 Å². The molecule has 9 aromatic carbocycles. The molecular weight excluding hydrogens is 937 g/mol. The summed E-state index contributed by atoms with van der Waals surface area (Å²) in [5, 5.41) is 2.55. The molecule has 3 aliphatic rings. The molecule has 0 amide bonds. The number of aromatic nitrogens is 4. The lowest BCUT2D eigenvalue weighted by atomic mass is 9.61. The zero-order valence-corrected chi connectivity index (χ0v) is 41.5. The van der Waals surface area contributed by atoms with Gasteiger partial charge in [-0.25, -0.2) is 19.9 Å². The molecule has 0 radical (unpaired) electrons. The third-order valence-electron chi connectivity index (χ3n) is 14.9. The monoisotopic (exact) mass is 978 g/mol. The smallest absolute Gasteiger partial charge is 0.160 e. The molecule has 0 saturated heterocycles. The first kappa shape index (κ1) is 42.7. The maximum Gasteiger partial charge on any atom is 0.160 e. The molecule has 4 aromatic heterocycles. The van der Waals surface area contributed by atoms with Gasteiger partial charge in [0.1, 0.15) is 0 Å². The average molecular weight is 979 g/mol. The maximum absolute atomic E-state index is 5.34. The minimum absolute atomic E-state index is 0.0417. The third kappa shape index (κ3) is 7.33. The van der Waals surface area contributed by atoms with E-state index in [1.54, 1.807) is 0 Å². The van der Waals surface area contributed by atoms with Crippen molar-refractivity contribution in [2.75, 3.05) is 0 Å². The van der Waals surface area contributed by atoms with Crippen LogP contribution in [0.25, 0.3) is 109 Å².